The Hall–Kier alpha value is -1.91. The molecule has 0 saturated carbocycles. The molecule has 3 aromatic rings. The predicted octanol–water partition coefficient (Wildman–Crippen LogP) is 4.05. The van der Waals surface area contributed by atoms with Gasteiger partial charge < -0.3 is 10.3 Å². The third-order valence-corrected chi connectivity index (χ3v) is 5.06. The number of aryl methyl sites for hydroxylation is 1. The van der Waals surface area contributed by atoms with Crippen LogP contribution in [0.5, 0.6) is 0 Å². The number of fused-ring (bicyclic) bond motifs is 3. The van der Waals surface area contributed by atoms with E-state index < -0.39 is 0 Å². The second-order valence-corrected chi connectivity index (χ2v) is 6.83. The van der Waals surface area contributed by atoms with E-state index in [0.717, 1.165) is 54.0 Å². The smallest absolute Gasteiger partial charge is 0.151 e. The lowest BCUT2D eigenvalue weighted by Crippen LogP contribution is -2.35. The molecule has 0 saturated heterocycles. The van der Waals surface area contributed by atoms with Gasteiger partial charge in [-0.05, 0) is 55.5 Å². The molecule has 0 fully saturated rings. The zero-order valence-corrected chi connectivity index (χ0v) is 14.0. The number of H-pyrrole nitrogens is 1. The lowest BCUT2D eigenvalue weighted by Gasteiger charge is -2.23. The fourth-order valence-corrected chi connectivity index (χ4v) is 3.70. The van der Waals surface area contributed by atoms with Gasteiger partial charge in [0, 0.05) is 22.1 Å². The molecular weight excluding hydrogens is 325 g/mol. The third-order valence-electron chi connectivity index (χ3n) is 4.80. The quantitative estimate of drug-likeness (QED) is 0.750. The summed E-state index contributed by atoms with van der Waals surface area (Å²) in [5.74, 6) is -0.230. The molecule has 24 heavy (non-hydrogen) atoms. The highest BCUT2D eigenvalue weighted by Crippen LogP contribution is 2.30. The molecule has 2 aromatic heterocycles. The zero-order valence-electron chi connectivity index (χ0n) is 13.3. The molecule has 3 nitrogen and oxygen atoms in total. The monoisotopic (exact) mass is 343 g/mol. The average molecular weight is 344 g/mol. The van der Waals surface area contributed by atoms with Crippen molar-refractivity contribution in [3.05, 3.63) is 64.3 Å². The Bertz CT molecular complexity index is 857. The maximum absolute atomic E-state index is 14.1. The minimum atomic E-state index is -0.230. The predicted molar refractivity (Wildman–Crippen MR) is 95.0 cm³/mol. The topological polar surface area (TPSA) is 40.7 Å². The molecule has 1 aliphatic carbocycles. The van der Waals surface area contributed by atoms with Crippen LogP contribution in [0.15, 0.2) is 36.7 Å². The van der Waals surface area contributed by atoms with E-state index in [1.165, 1.54) is 11.8 Å². The highest BCUT2D eigenvalue weighted by molar-refractivity contribution is 6.30. The number of hydrogen-bond donors (Lipinski definition) is 2. The van der Waals surface area contributed by atoms with E-state index >= 15 is 0 Å². The summed E-state index contributed by atoms with van der Waals surface area (Å²) in [6.45, 7) is 0.911. The molecular formula is C19H19ClFN3. The van der Waals surface area contributed by atoms with Gasteiger partial charge in [-0.15, -0.1) is 0 Å². The van der Waals surface area contributed by atoms with Gasteiger partial charge in [0.2, 0.25) is 0 Å². The summed E-state index contributed by atoms with van der Waals surface area (Å²) in [4.78, 5) is 7.25. The number of aromatic amines is 1. The Labute approximate surface area is 145 Å². The second kappa shape index (κ2) is 6.54. The molecule has 1 unspecified atom stereocenters. The molecule has 1 aliphatic rings. The van der Waals surface area contributed by atoms with Crippen LogP contribution in [0.4, 0.5) is 4.39 Å². The number of hydrogen-bond acceptors (Lipinski definition) is 2. The van der Waals surface area contributed by atoms with E-state index in [1.807, 2.05) is 12.1 Å². The van der Waals surface area contributed by atoms with Crippen molar-refractivity contribution >= 4 is 22.5 Å². The van der Waals surface area contributed by atoms with E-state index in [-0.39, 0.29) is 5.82 Å². The summed E-state index contributed by atoms with van der Waals surface area (Å²) in [6.07, 6.45) is 6.84. The molecule has 5 heteroatoms. The first-order chi connectivity index (χ1) is 11.7. The number of halogens is 2. The first-order valence-corrected chi connectivity index (χ1v) is 8.69. The lowest BCUT2D eigenvalue weighted by atomic mass is 9.91. The van der Waals surface area contributed by atoms with Crippen molar-refractivity contribution in [1.82, 2.24) is 15.3 Å². The van der Waals surface area contributed by atoms with Crippen molar-refractivity contribution in [2.24, 2.45) is 0 Å². The van der Waals surface area contributed by atoms with Gasteiger partial charge in [0.25, 0.3) is 0 Å². The first-order valence-electron chi connectivity index (χ1n) is 8.31. The highest BCUT2D eigenvalue weighted by atomic mass is 35.5. The van der Waals surface area contributed by atoms with Crippen LogP contribution < -0.4 is 5.32 Å². The van der Waals surface area contributed by atoms with Gasteiger partial charge in [-0.25, -0.2) is 4.39 Å². The molecule has 1 atom stereocenters. The summed E-state index contributed by atoms with van der Waals surface area (Å²) in [5.41, 5.74) is 4.35. The largest absolute Gasteiger partial charge is 0.357 e. The molecule has 0 aliphatic heterocycles. The van der Waals surface area contributed by atoms with Gasteiger partial charge in [-0.2, -0.15) is 0 Å². The van der Waals surface area contributed by atoms with Crippen LogP contribution in [0, 0.1) is 5.82 Å². The summed E-state index contributed by atoms with van der Waals surface area (Å²) in [6, 6.07) is 8.35. The van der Waals surface area contributed by atoms with Gasteiger partial charge in [0.15, 0.2) is 5.82 Å². The molecule has 0 amide bonds. The van der Waals surface area contributed by atoms with E-state index in [2.05, 4.69) is 27.4 Å². The summed E-state index contributed by atoms with van der Waals surface area (Å²) in [5, 5.41) is 5.09. The Kier molecular flexibility index (Phi) is 4.25. The fourth-order valence-electron chi connectivity index (χ4n) is 3.58. The van der Waals surface area contributed by atoms with Gasteiger partial charge in [0.05, 0.1) is 17.9 Å². The number of rotatable bonds is 4. The van der Waals surface area contributed by atoms with E-state index in [4.69, 9.17) is 11.6 Å². The molecule has 2 N–H and O–H groups in total. The van der Waals surface area contributed by atoms with Crippen LogP contribution in [0.2, 0.25) is 5.02 Å². The average Bonchev–Trinajstić information content (AvgIpc) is 2.96. The molecule has 2 heterocycles. The van der Waals surface area contributed by atoms with Crippen LogP contribution in [-0.2, 0) is 19.3 Å². The van der Waals surface area contributed by atoms with Crippen molar-refractivity contribution in [2.75, 3.05) is 6.54 Å². The van der Waals surface area contributed by atoms with Crippen molar-refractivity contribution < 1.29 is 4.39 Å². The van der Waals surface area contributed by atoms with Crippen LogP contribution in [-0.4, -0.2) is 22.6 Å². The number of benzene rings is 1. The summed E-state index contributed by atoms with van der Waals surface area (Å²) in [7, 11) is 0. The van der Waals surface area contributed by atoms with E-state index in [1.54, 1.807) is 6.20 Å². The molecule has 0 radical (unpaired) electrons. The lowest BCUT2D eigenvalue weighted by molar-refractivity contribution is 0.460. The first kappa shape index (κ1) is 15.6. The van der Waals surface area contributed by atoms with Crippen LogP contribution in [0.1, 0.15) is 23.2 Å². The molecule has 0 spiro atoms. The Morgan fingerprint density at radius 3 is 2.92 bits per heavy atom. The number of pyridine rings is 1. The van der Waals surface area contributed by atoms with Crippen LogP contribution in [0.25, 0.3) is 10.9 Å². The zero-order chi connectivity index (χ0) is 16.5. The number of nitrogens with zero attached hydrogens (tertiary/aromatic N) is 1. The van der Waals surface area contributed by atoms with Crippen molar-refractivity contribution in [3.63, 3.8) is 0 Å². The minimum Gasteiger partial charge on any atom is -0.357 e. The van der Waals surface area contributed by atoms with Gasteiger partial charge in [0.1, 0.15) is 0 Å². The van der Waals surface area contributed by atoms with Crippen LogP contribution in [0.3, 0.4) is 0 Å². The van der Waals surface area contributed by atoms with Crippen molar-refractivity contribution in [1.29, 1.82) is 0 Å². The maximum atomic E-state index is 14.1. The Morgan fingerprint density at radius 1 is 1.25 bits per heavy atom. The molecule has 1 aromatic carbocycles. The minimum absolute atomic E-state index is 0.230. The molecule has 4 rings (SSSR count). The van der Waals surface area contributed by atoms with E-state index in [0.29, 0.717) is 11.4 Å². The molecule has 0 bridgehead atoms. The second-order valence-electron chi connectivity index (χ2n) is 6.40. The summed E-state index contributed by atoms with van der Waals surface area (Å²) < 4.78 is 14.1. The Morgan fingerprint density at radius 2 is 2.08 bits per heavy atom. The maximum Gasteiger partial charge on any atom is 0.151 e. The van der Waals surface area contributed by atoms with Gasteiger partial charge >= 0.3 is 0 Å². The van der Waals surface area contributed by atoms with Crippen LogP contribution >= 0.6 is 11.6 Å². The normalized spacial score (nSPS) is 17.2. The van der Waals surface area contributed by atoms with Crippen molar-refractivity contribution in [2.45, 2.75) is 31.7 Å². The van der Waals surface area contributed by atoms with Gasteiger partial charge in [-0.1, -0.05) is 23.7 Å². The highest BCUT2D eigenvalue weighted by Gasteiger charge is 2.23. The fraction of sp³-hybridized carbons (Fsp3) is 0.316. The van der Waals surface area contributed by atoms with E-state index in [9.17, 15) is 4.39 Å². The number of aromatic nitrogens is 2. The van der Waals surface area contributed by atoms with Gasteiger partial charge in [-0.3, -0.25) is 4.98 Å². The number of nitrogens with one attached hydrogen (secondary N) is 2. The molecule has 124 valence electrons. The standard InChI is InChI=1S/C19H19ClFN3/c20-13-3-1-12(2-4-13)7-8-23-14-5-6-17-15(9-14)19-16(21)10-22-11-18(19)24-17/h1-4,10-11,14,23-24H,5-9H2. The third kappa shape index (κ3) is 3.04. The summed E-state index contributed by atoms with van der Waals surface area (Å²) >= 11 is 5.91. The SMILES string of the molecule is Fc1cncc2[nH]c3c(c12)CC(NCCc1ccc(Cl)cc1)CC3. The Balaban J connectivity index is 1.42. The van der Waals surface area contributed by atoms with Crippen molar-refractivity contribution in [3.8, 4) is 0 Å².